The first kappa shape index (κ1) is 17.4. The maximum atomic E-state index is 12.2. The lowest BCUT2D eigenvalue weighted by atomic mass is 10.1. The lowest BCUT2D eigenvalue weighted by Gasteiger charge is -2.36. The summed E-state index contributed by atoms with van der Waals surface area (Å²) in [6.07, 6.45) is 3.11. The minimum Gasteiger partial charge on any atom is -0.369 e. The van der Waals surface area contributed by atoms with E-state index >= 15 is 0 Å². The van der Waals surface area contributed by atoms with Crippen LogP contribution in [0.4, 0.5) is 11.4 Å². The van der Waals surface area contributed by atoms with Gasteiger partial charge in [0.2, 0.25) is 5.91 Å². The van der Waals surface area contributed by atoms with Crippen molar-refractivity contribution in [2.24, 2.45) is 0 Å². The fourth-order valence-electron chi connectivity index (χ4n) is 3.53. The maximum absolute atomic E-state index is 12.2. The second-order valence-corrected chi connectivity index (χ2v) is 7.59. The predicted molar refractivity (Wildman–Crippen MR) is 107 cm³/mol. The van der Waals surface area contributed by atoms with Crippen LogP contribution in [0.5, 0.6) is 0 Å². The number of amides is 1. The summed E-state index contributed by atoms with van der Waals surface area (Å²) in [7, 11) is 0. The highest BCUT2D eigenvalue weighted by Gasteiger charge is 2.31. The van der Waals surface area contributed by atoms with Crippen molar-refractivity contribution in [3.05, 3.63) is 59.1 Å². The van der Waals surface area contributed by atoms with Gasteiger partial charge in [-0.05, 0) is 54.8 Å². The Labute approximate surface area is 159 Å². The van der Waals surface area contributed by atoms with Crippen LogP contribution in [0.2, 0.25) is 5.02 Å². The maximum Gasteiger partial charge on any atom is 0.228 e. The van der Waals surface area contributed by atoms with Gasteiger partial charge >= 0.3 is 0 Å². The van der Waals surface area contributed by atoms with Crippen LogP contribution in [-0.2, 0) is 11.2 Å². The van der Waals surface area contributed by atoms with Crippen molar-refractivity contribution in [2.45, 2.75) is 25.3 Å². The fraction of sp³-hybridized carbons (Fsp3) is 0.381. The largest absolute Gasteiger partial charge is 0.369 e. The monoisotopic (exact) mass is 369 g/mol. The number of nitrogens with zero attached hydrogens (tertiary/aromatic N) is 2. The lowest BCUT2D eigenvalue weighted by Crippen LogP contribution is -2.47. The number of anilines is 2. The Morgan fingerprint density at radius 2 is 1.62 bits per heavy atom. The highest BCUT2D eigenvalue weighted by molar-refractivity contribution is 6.30. The topological polar surface area (TPSA) is 35.6 Å². The third-order valence-electron chi connectivity index (χ3n) is 5.17. The van der Waals surface area contributed by atoms with E-state index in [1.54, 1.807) is 0 Å². The number of rotatable bonds is 5. The Balaban J connectivity index is 1.29. The van der Waals surface area contributed by atoms with Crippen molar-refractivity contribution in [1.29, 1.82) is 0 Å². The van der Waals surface area contributed by atoms with Crippen LogP contribution in [0.25, 0.3) is 0 Å². The highest BCUT2D eigenvalue weighted by Crippen LogP contribution is 2.28. The zero-order valence-electron chi connectivity index (χ0n) is 14.8. The van der Waals surface area contributed by atoms with Crippen molar-refractivity contribution in [2.75, 3.05) is 36.4 Å². The number of halogens is 1. The Bertz CT molecular complexity index is 748. The summed E-state index contributed by atoms with van der Waals surface area (Å²) in [6, 6.07) is 16.4. The molecule has 26 heavy (non-hydrogen) atoms. The molecule has 1 aliphatic carbocycles. The first-order valence-electron chi connectivity index (χ1n) is 9.31. The number of hydrogen-bond donors (Lipinski definition) is 1. The van der Waals surface area contributed by atoms with Gasteiger partial charge in [0.25, 0.3) is 0 Å². The summed E-state index contributed by atoms with van der Waals surface area (Å²) in [5, 5.41) is 3.65. The van der Waals surface area contributed by atoms with Crippen molar-refractivity contribution in [3.63, 3.8) is 0 Å². The zero-order chi connectivity index (χ0) is 17.9. The molecular weight excluding hydrogens is 346 g/mol. The minimum atomic E-state index is -0.0156. The number of nitrogens with one attached hydrogen (secondary N) is 1. The molecule has 4 rings (SSSR count). The standard InChI is InChI=1S/C21H24ClN3O/c22-17-3-1-16(2-4-17)15-21(26)23-18-5-7-19(8-6-18)24-11-13-25(14-12-24)20-9-10-20/h1-8,20H,9-15H2,(H,23,26). The van der Waals surface area contributed by atoms with Crippen LogP contribution in [0.15, 0.2) is 48.5 Å². The van der Waals surface area contributed by atoms with Gasteiger partial charge in [0.1, 0.15) is 0 Å². The summed E-state index contributed by atoms with van der Waals surface area (Å²) in [6.45, 7) is 4.48. The molecule has 1 saturated carbocycles. The van der Waals surface area contributed by atoms with E-state index in [1.165, 1.54) is 18.5 Å². The van der Waals surface area contributed by atoms with Gasteiger partial charge in [-0.1, -0.05) is 23.7 Å². The van der Waals surface area contributed by atoms with Crippen LogP contribution in [0, 0.1) is 0 Å². The molecule has 0 aromatic heterocycles. The van der Waals surface area contributed by atoms with Gasteiger partial charge in [0.15, 0.2) is 0 Å². The Morgan fingerprint density at radius 1 is 0.962 bits per heavy atom. The molecule has 2 fully saturated rings. The average Bonchev–Trinajstić information content (AvgIpc) is 3.50. The van der Waals surface area contributed by atoms with Crippen LogP contribution in [0.1, 0.15) is 18.4 Å². The van der Waals surface area contributed by atoms with Crippen molar-refractivity contribution in [3.8, 4) is 0 Å². The molecule has 1 heterocycles. The van der Waals surface area contributed by atoms with Gasteiger partial charge in [0.05, 0.1) is 6.42 Å². The molecule has 0 unspecified atom stereocenters. The van der Waals surface area contributed by atoms with E-state index in [1.807, 2.05) is 36.4 Å². The van der Waals surface area contributed by atoms with Gasteiger partial charge in [-0.15, -0.1) is 0 Å². The zero-order valence-corrected chi connectivity index (χ0v) is 15.6. The fourth-order valence-corrected chi connectivity index (χ4v) is 3.66. The SMILES string of the molecule is O=C(Cc1ccc(Cl)cc1)Nc1ccc(N2CCN(C3CC3)CC2)cc1. The molecule has 5 heteroatoms. The van der Waals surface area contributed by atoms with E-state index in [4.69, 9.17) is 11.6 Å². The number of hydrogen-bond acceptors (Lipinski definition) is 3. The predicted octanol–water partition coefficient (Wildman–Crippen LogP) is 3.81. The van der Waals surface area contributed by atoms with E-state index in [2.05, 4.69) is 27.2 Å². The van der Waals surface area contributed by atoms with E-state index in [9.17, 15) is 4.79 Å². The molecule has 2 aromatic carbocycles. The Kier molecular flexibility index (Phi) is 5.14. The Morgan fingerprint density at radius 3 is 2.23 bits per heavy atom. The summed E-state index contributed by atoms with van der Waals surface area (Å²) in [5.41, 5.74) is 3.03. The van der Waals surface area contributed by atoms with E-state index in [-0.39, 0.29) is 5.91 Å². The number of piperazine rings is 1. The summed E-state index contributed by atoms with van der Waals surface area (Å²) >= 11 is 5.88. The van der Waals surface area contributed by atoms with Crippen molar-refractivity contribution >= 4 is 28.9 Å². The first-order chi connectivity index (χ1) is 12.7. The normalized spacial score (nSPS) is 18.0. The second-order valence-electron chi connectivity index (χ2n) is 7.15. The van der Waals surface area contributed by atoms with Gasteiger partial charge < -0.3 is 10.2 Å². The molecule has 1 N–H and O–H groups in total. The summed E-state index contributed by atoms with van der Waals surface area (Å²) in [5.74, 6) is -0.0156. The molecule has 0 bridgehead atoms. The molecule has 136 valence electrons. The van der Waals surface area contributed by atoms with Crippen molar-refractivity contribution < 1.29 is 4.79 Å². The number of benzene rings is 2. The van der Waals surface area contributed by atoms with E-state index < -0.39 is 0 Å². The van der Waals surface area contributed by atoms with Crippen LogP contribution in [0.3, 0.4) is 0 Å². The van der Waals surface area contributed by atoms with Gasteiger partial charge in [-0.3, -0.25) is 9.69 Å². The third kappa shape index (κ3) is 4.37. The smallest absolute Gasteiger partial charge is 0.228 e. The van der Waals surface area contributed by atoms with Crippen LogP contribution in [-0.4, -0.2) is 43.0 Å². The average molecular weight is 370 g/mol. The van der Waals surface area contributed by atoms with Gasteiger partial charge in [-0.25, -0.2) is 0 Å². The third-order valence-corrected chi connectivity index (χ3v) is 5.42. The van der Waals surface area contributed by atoms with Crippen LogP contribution >= 0.6 is 11.6 Å². The minimum absolute atomic E-state index is 0.0156. The summed E-state index contributed by atoms with van der Waals surface area (Å²) < 4.78 is 0. The molecule has 2 aromatic rings. The molecule has 1 saturated heterocycles. The number of carbonyl (C=O) groups excluding carboxylic acids is 1. The molecule has 0 spiro atoms. The molecule has 0 atom stereocenters. The highest BCUT2D eigenvalue weighted by atomic mass is 35.5. The summed E-state index contributed by atoms with van der Waals surface area (Å²) in [4.78, 5) is 17.2. The molecule has 0 radical (unpaired) electrons. The van der Waals surface area contributed by atoms with Crippen LogP contribution < -0.4 is 10.2 Å². The first-order valence-corrected chi connectivity index (χ1v) is 9.68. The van der Waals surface area contributed by atoms with Gasteiger partial charge in [-0.2, -0.15) is 0 Å². The second kappa shape index (κ2) is 7.68. The lowest BCUT2D eigenvalue weighted by molar-refractivity contribution is -0.115. The van der Waals surface area contributed by atoms with E-state index in [0.717, 1.165) is 43.5 Å². The molecule has 4 nitrogen and oxygen atoms in total. The van der Waals surface area contributed by atoms with Gasteiger partial charge in [0, 0.05) is 48.6 Å². The quantitative estimate of drug-likeness (QED) is 0.870. The molecule has 1 amide bonds. The number of carbonyl (C=O) groups is 1. The molecule has 2 aliphatic rings. The molecular formula is C21H24ClN3O. The Hall–Kier alpha value is -2.04. The van der Waals surface area contributed by atoms with E-state index in [0.29, 0.717) is 11.4 Å². The molecule has 1 aliphatic heterocycles. The van der Waals surface area contributed by atoms with Crippen molar-refractivity contribution in [1.82, 2.24) is 4.90 Å².